The van der Waals surface area contributed by atoms with E-state index in [1.54, 1.807) is 20.1 Å². The maximum absolute atomic E-state index is 12.5. The summed E-state index contributed by atoms with van der Waals surface area (Å²) in [5, 5.41) is 0.873. The number of para-hydroxylation sites is 1. The summed E-state index contributed by atoms with van der Waals surface area (Å²) in [6.07, 6.45) is 3.12. The molecule has 0 saturated heterocycles. The van der Waals surface area contributed by atoms with Crippen LogP contribution in [-0.4, -0.2) is 17.9 Å². The maximum Gasteiger partial charge on any atom is 0.259 e. The van der Waals surface area contributed by atoms with Gasteiger partial charge in [-0.05, 0) is 42.3 Å². The van der Waals surface area contributed by atoms with Crippen LogP contribution in [0.4, 0.5) is 0 Å². The number of H-pyrrole nitrogens is 1. The number of nitrogens with one attached hydrogen (secondary N) is 1. The van der Waals surface area contributed by atoms with E-state index in [0.717, 1.165) is 22.2 Å². The predicted octanol–water partition coefficient (Wildman–Crippen LogP) is 3.74. The van der Waals surface area contributed by atoms with E-state index in [1.165, 1.54) is 6.08 Å². The van der Waals surface area contributed by atoms with Gasteiger partial charge >= 0.3 is 0 Å². The molecule has 0 aliphatic carbocycles. The summed E-state index contributed by atoms with van der Waals surface area (Å²) in [4.78, 5) is 27.5. The second-order valence-corrected chi connectivity index (χ2v) is 5.47. The number of ether oxygens (including phenoxy) is 1. The van der Waals surface area contributed by atoms with E-state index in [-0.39, 0.29) is 16.9 Å². The summed E-state index contributed by atoms with van der Waals surface area (Å²) in [7, 11) is 1.60. The molecule has 0 amide bonds. The first-order valence-electron chi connectivity index (χ1n) is 7.58. The van der Waals surface area contributed by atoms with E-state index in [0.29, 0.717) is 5.56 Å². The van der Waals surface area contributed by atoms with Gasteiger partial charge in [0, 0.05) is 10.9 Å². The van der Waals surface area contributed by atoms with Gasteiger partial charge in [-0.2, -0.15) is 0 Å². The molecule has 1 heterocycles. The Labute approximate surface area is 139 Å². The average Bonchev–Trinajstić information content (AvgIpc) is 2.60. The molecule has 0 spiro atoms. The number of hydrogen-bond donors (Lipinski definition) is 1. The Morgan fingerprint density at radius 1 is 1.08 bits per heavy atom. The van der Waals surface area contributed by atoms with Gasteiger partial charge in [0.1, 0.15) is 5.75 Å². The molecule has 3 aromatic rings. The lowest BCUT2D eigenvalue weighted by atomic mass is 10.0. The predicted molar refractivity (Wildman–Crippen MR) is 95.7 cm³/mol. The normalized spacial score (nSPS) is 11.1. The Morgan fingerprint density at radius 2 is 1.79 bits per heavy atom. The molecule has 2 aromatic carbocycles. The van der Waals surface area contributed by atoms with E-state index in [2.05, 4.69) is 4.98 Å². The van der Waals surface area contributed by atoms with Crippen LogP contribution in [0.5, 0.6) is 5.75 Å². The third kappa shape index (κ3) is 2.99. The highest BCUT2D eigenvalue weighted by Gasteiger charge is 2.14. The van der Waals surface area contributed by atoms with Crippen LogP contribution in [0.15, 0.2) is 59.4 Å². The van der Waals surface area contributed by atoms with Crippen molar-refractivity contribution in [1.29, 1.82) is 0 Å². The zero-order valence-corrected chi connectivity index (χ0v) is 13.5. The van der Waals surface area contributed by atoms with Gasteiger partial charge in [0.15, 0.2) is 5.78 Å². The van der Waals surface area contributed by atoms with Crippen LogP contribution in [-0.2, 0) is 0 Å². The van der Waals surface area contributed by atoms with E-state index >= 15 is 0 Å². The first kappa shape index (κ1) is 15.7. The quantitative estimate of drug-likeness (QED) is 0.588. The number of pyridine rings is 1. The molecule has 120 valence electrons. The van der Waals surface area contributed by atoms with Crippen molar-refractivity contribution in [3.8, 4) is 5.75 Å². The van der Waals surface area contributed by atoms with Gasteiger partial charge in [0.25, 0.3) is 5.56 Å². The maximum atomic E-state index is 12.5. The third-order valence-corrected chi connectivity index (χ3v) is 3.97. The lowest BCUT2D eigenvalue weighted by Gasteiger charge is -2.06. The van der Waals surface area contributed by atoms with Crippen LogP contribution in [0, 0.1) is 6.92 Å². The van der Waals surface area contributed by atoms with Crippen molar-refractivity contribution in [2.75, 3.05) is 7.11 Å². The molecule has 4 nitrogen and oxygen atoms in total. The van der Waals surface area contributed by atoms with Crippen LogP contribution in [0.2, 0.25) is 0 Å². The Balaban J connectivity index is 1.96. The number of methoxy groups -OCH3 is 1. The number of aryl methyl sites for hydroxylation is 1. The summed E-state index contributed by atoms with van der Waals surface area (Å²) < 4.78 is 5.10. The van der Waals surface area contributed by atoms with Crippen molar-refractivity contribution < 1.29 is 9.53 Å². The van der Waals surface area contributed by atoms with Crippen LogP contribution in [0.1, 0.15) is 21.5 Å². The van der Waals surface area contributed by atoms with Crippen LogP contribution in [0.25, 0.3) is 17.0 Å². The number of rotatable bonds is 4. The zero-order valence-electron chi connectivity index (χ0n) is 13.5. The Kier molecular flexibility index (Phi) is 4.29. The van der Waals surface area contributed by atoms with Crippen molar-refractivity contribution in [3.05, 3.63) is 81.7 Å². The minimum absolute atomic E-state index is 0.179. The number of aromatic nitrogens is 1. The van der Waals surface area contributed by atoms with Crippen LogP contribution in [0.3, 0.4) is 0 Å². The number of hydrogen-bond acceptors (Lipinski definition) is 3. The van der Waals surface area contributed by atoms with Gasteiger partial charge in [-0.1, -0.05) is 36.4 Å². The molecular weight excluding hydrogens is 302 g/mol. The van der Waals surface area contributed by atoms with Crippen LogP contribution < -0.4 is 10.3 Å². The molecule has 0 aliphatic heterocycles. The Hall–Kier alpha value is -3.14. The Morgan fingerprint density at radius 3 is 2.50 bits per heavy atom. The highest BCUT2D eigenvalue weighted by atomic mass is 16.5. The number of ketones is 1. The number of carbonyl (C=O) groups excluding carboxylic acids is 1. The molecule has 0 saturated carbocycles. The van der Waals surface area contributed by atoms with E-state index in [9.17, 15) is 9.59 Å². The SMILES string of the molecule is COc1ccc(/C=C/C(=O)c2c(C)c3ccccc3[nH]c2=O)cc1. The molecule has 24 heavy (non-hydrogen) atoms. The molecule has 1 aromatic heterocycles. The van der Waals surface area contributed by atoms with Crippen molar-refractivity contribution in [1.82, 2.24) is 4.98 Å². The lowest BCUT2D eigenvalue weighted by molar-refractivity contribution is 0.104. The first-order chi connectivity index (χ1) is 11.6. The lowest BCUT2D eigenvalue weighted by Crippen LogP contribution is -2.18. The molecule has 0 radical (unpaired) electrons. The molecule has 1 N–H and O–H groups in total. The number of benzene rings is 2. The first-order valence-corrected chi connectivity index (χ1v) is 7.58. The molecular formula is C20H17NO3. The zero-order chi connectivity index (χ0) is 17.1. The third-order valence-electron chi connectivity index (χ3n) is 3.97. The summed E-state index contributed by atoms with van der Waals surface area (Å²) >= 11 is 0. The monoisotopic (exact) mass is 319 g/mol. The molecule has 0 atom stereocenters. The highest BCUT2D eigenvalue weighted by molar-refractivity contribution is 6.09. The van der Waals surface area contributed by atoms with E-state index in [1.807, 2.05) is 48.5 Å². The second-order valence-electron chi connectivity index (χ2n) is 5.47. The molecule has 3 rings (SSSR count). The number of allylic oxidation sites excluding steroid dienone is 1. The fourth-order valence-electron chi connectivity index (χ4n) is 2.68. The smallest absolute Gasteiger partial charge is 0.259 e. The largest absolute Gasteiger partial charge is 0.497 e. The van der Waals surface area contributed by atoms with Gasteiger partial charge < -0.3 is 9.72 Å². The topological polar surface area (TPSA) is 59.2 Å². The average molecular weight is 319 g/mol. The number of aromatic amines is 1. The minimum Gasteiger partial charge on any atom is -0.497 e. The van der Waals surface area contributed by atoms with Gasteiger partial charge in [-0.15, -0.1) is 0 Å². The summed E-state index contributed by atoms with van der Waals surface area (Å²) in [5.41, 5.74) is 2.10. The standard InChI is InChI=1S/C20H17NO3/c1-13-16-5-3-4-6-17(16)21-20(23)19(13)18(22)12-9-14-7-10-15(24-2)11-8-14/h3-12H,1-2H3,(H,21,23)/b12-9+. The van der Waals surface area contributed by atoms with Gasteiger partial charge in [0.2, 0.25) is 0 Å². The molecule has 0 fully saturated rings. The van der Waals surface area contributed by atoms with Crippen LogP contribution >= 0.6 is 0 Å². The van der Waals surface area contributed by atoms with Crippen molar-refractivity contribution in [3.63, 3.8) is 0 Å². The fraction of sp³-hybridized carbons (Fsp3) is 0.100. The van der Waals surface area contributed by atoms with Gasteiger partial charge in [-0.25, -0.2) is 0 Å². The minimum atomic E-state index is -0.365. The molecule has 0 aliphatic rings. The summed E-state index contributed by atoms with van der Waals surface area (Å²) in [5.74, 6) is 0.440. The van der Waals surface area contributed by atoms with Gasteiger partial charge in [-0.3, -0.25) is 9.59 Å². The van der Waals surface area contributed by atoms with E-state index < -0.39 is 0 Å². The summed E-state index contributed by atoms with van der Waals surface area (Å²) in [6.45, 7) is 1.80. The van der Waals surface area contributed by atoms with Gasteiger partial charge in [0.05, 0.1) is 12.7 Å². The molecule has 4 heteroatoms. The highest BCUT2D eigenvalue weighted by Crippen LogP contribution is 2.18. The van der Waals surface area contributed by atoms with E-state index in [4.69, 9.17) is 4.74 Å². The molecule has 0 unspecified atom stereocenters. The Bertz CT molecular complexity index is 982. The number of fused-ring (bicyclic) bond motifs is 1. The second kappa shape index (κ2) is 6.54. The van der Waals surface area contributed by atoms with Crippen molar-refractivity contribution in [2.24, 2.45) is 0 Å². The number of carbonyl (C=O) groups is 1. The molecule has 0 bridgehead atoms. The summed E-state index contributed by atoms with van der Waals surface area (Å²) in [6, 6.07) is 14.8. The van der Waals surface area contributed by atoms with Crippen molar-refractivity contribution in [2.45, 2.75) is 6.92 Å². The van der Waals surface area contributed by atoms with Crippen molar-refractivity contribution >= 4 is 22.8 Å². The fourth-order valence-corrected chi connectivity index (χ4v) is 2.68.